The molecule has 1 rings (SSSR count). The Hall–Kier alpha value is -1.62. The van der Waals surface area contributed by atoms with Crippen LogP contribution in [0.1, 0.15) is 5.56 Å². The third kappa shape index (κ3) is 5.87. The molecule has 0 aliphatic carbocycles. The first-order chi connectivity index (χ1) is 8.08. The molecule has 4 nitrogen and oxygen atoms in total. The molecule has 0 spiro atoms. The van der Waals surface area contributed by atoms with Crippen molar-refractivity contribution in [3.8, 4) is 5.75 Å². The average molecular weight is 253 g/mol. The number of phenols is 1. The molecule has 1 unspecified atom stereocenters. The Morgan fingerprint density at radius 3 is 2.65 bits per heavy atom. The average Bonchev–Trinajstić information content (AvgIpc) is 2.29. The van der Waals surface area contributed by atoms with E-state index in [2.05, 4.69) is 5.32 Å². The van der Waals surface area contributed by atoms with E-state index < -0.39 is 10.8 Å². The number of hydrogen-bond acceptors (Lipinski definition) is 3. The lowest BCUT2D eigenvalue weighted by Crippen LogP contribution is -2.23. The second-order valence-corrected chi connectivity index (χ2v) is 4.78. The first-order valence-corrected chi connectivity index (χ1v) is 6.76. The van der Waals surface area contributed by atoms with Crippen molar-refractivity contribution in [1.29, 1.82) is 0 Å². The Kier molecular flexibility index (Phi) is 5.42. The van der Waals surface area contributed by atoms with E-state index in [0.29, 0.717) is 13.0 Å². The largest absolute Gasteiger partial charge is 0.508 e. The van der Waals surface area contributed by atoms with Crippen LogP contribution in [0.5, 0.6) is 5.75 Å². The second kappa shape index (κ2) is 6.85. The quantitative estimate of drug-likeness (QED) is 0.768. The van der Waals surface area contributed by atoms with Crippen molar-refractivity contribution >= 4 is 16.7 Å². The molecule has 1 amide bonds. The Labute approximate surface area is 103 Å². The molecule has 17 heavy (non-hydrogen) atoms. The predicted octanol–water partition coefficient (Wildman–Crippen LogP) is 0.943. The smallest absolute Gasteiger partial charge is 0.244 e. The van der Waals surface area contributed by atoms with E-state index in [-0.39, 0.29) is 11.7 Å². The first kappa shape index (κ1) is 13.4. The molecule has 1 aromatic carbocycles. The van der Waals surface area contributed by atoms with Crippen LogP contribution in [0.15, 0.2) is 35.7 Å². The summed E-state index contributed by atoms with van der Waals surface area (Å²) in [6.45, 7) is 0.504. The molecule has 0 aliphatic heterocycles. The normalized spacial score (nSPS) is 12.5. The summed E-state index contributed by atoms with van der Waals surface area (Å²) in [7, 11) is -1.10. The summed E-state index contributed by atoms with van der Waals surface area (Å²) in [5, 5.41) is 13.1. The summed E-state index contributed by atoms with van der Waals surface area (Å²) in [4.78, 5) is 11.2. The summed E-state index contributed by atoms with van der Waals surface area (Å²) < 4.78 is 10.7. The highest BCUT2D eigenvalue weighted by atomic mass is 32.2. The molecule has 1 atom stereocenters. The van der Waals surface area contributed by atoms with Crippen molar-refractivity contribution in [2.24, 2.45) is 0 Å². The first-order valence-electron chi connectivity index (χ1n) is 5.14. The Balaban J connectivity index is 2.30. The van der Waals surface area contributed by atoms with E-state index >= 15 is 0 Å². The van der Waals surface area contributed by atoms with E-state index in [1.807, 2.05) is 0 Å². The van der Waals surface area contributed by atoms with Crippen molar-refractivity contribution in [2.75, 3.05) is 12.8 Å². The fraction of sp³-hybridized carbons (Fsp3) is 0.250. The van der Waals surface area contributed by atoms with Crippen molar-refractivity contribution in [1.82, 2.24) is 5.32 Å². The molecule has 1 aromatic rings. The highest BCUT2D eigenvalue weighted by Crippen LogP contribution is 2.09. The minimum Gasteiger partial charge on any atom is -0.508 e. The predicted molar refractivity (Wildman–Crippen MR) is 68.0 cm³/mol. The monoisotopic (exact) mass is 253 g/mol. The number of rotatable bonds is 5. The second-order valence-electron chi connectivity index (χ2n) is 3.51. The van der Waals surface area contributed by atoms with Gasteiger partial charge in [0, 0.05) is 35.1 Å². The molecule has 0 heterocycles. The molecule has 0 bridgehead atoms. The van der Waals surface area contributed by atoms with E-state index in [4.69, 9.17) is 5.11 Å². The molecular weight excluding hydrogens is 238 g/mol. The molecule has 0 saturated heterocycles. The van der Waals surface area contributed by atoms with Crippen LogP contribution >= 0.6 is 0 Å². The van der Waals surface area contributed by atoms with Crippen LogP contribution in [0.3, 0.4) is 0 Å². The van der Waals surface area contributed by atoms with Crippen molar-refractivity contribution < 1.29 is 14.1 Å². The molecule has 0 aromatic heterocycles. The maximum absolute atomic E-state index is 11.2. The van der Waals surface area contributed by atoms with Crippen LogP contribution < -0.4 is 5.32 Å². The van der Waals surface area contributed by atoms with Gasteiger partial charge >= 0.3 is 0 Å². The third-order valence-corrected chi connectivity index (χ3v) is 2.58. The van der Waals surface area contributed by atoms with Gasteiger partial charge in [0.15, 0.2) is 0 Å². The zero-order valence-corrected chi connectivity index (χ0v) is 10.4. The van der Waals surface area contributed by atoms with Gasteiger partial charge in [-0.25, -0.2) is 0 Å². The molecule has 5 heteroatoms. The lowest BCUT2D eigenvalue weighted by molar-refractivity contribution is -0.116. The van der Waals surface area contributed by atoms with E-state index in [1.54, 1.807) is 24.3 Å². The fourth-order valence-electron chi connectivity index (χ4n) is 1.21. The number of aromatic hydroxyl groups is 1. The maximum atomic E-state index is 11.2. The van der Waals surface area contributed by atoms with Crippen LogP contribution in [0.25, 0.3) is 0 Å². The van der Waals surface area contributed by atoms with E-state index in [1.165, 1.54) is 17.7 Å². The van der Waals surface area contributed by atoms with Gasteiger partial charge in [0.1, 0.15) is 5.75 Å². The molecule has 0 saturated carbocycles. The summed E-state index contributed by atoms with van der Waals surface area (Å²) in [6.07, 6.45) is 3.46. The van der Waals surface area contributed by atoms with Crippen LogP contribution in [0.2, 0.25) is 0 Å². The maximum Gasteiger partial charge on any atom is 0.244 e. The molecular formula is C12H15NO3S. The summed E-state index contributed by atoms with van der Waals surface area (Å²) in [6, 6.07) is 6.82. The van der Waals surface area contributed by atoms with Crippen molar-refractivity contribution in [2.45, 2.75) is 6.42 Å². The zero-order chi connectivity index (χ0) is 12.7. The molecule has 0 aliphatic rings. The lowest BCUT2D eigenvalue weighted by atomic mass is 10.1. The highest BCUT2D eigenvalue weighted by Gasteiger charge is 1.97. The van der Waals surface area contributed by atoms with Crippen molar-refractivity contribution in [3.05, 3.63) is 41.3 Å². The summed E-state index contributed by atoms with van der Waals surface area (Å²) in [5.41, 5.74) is 1.03. The number of amides is 1. The van der Waals surface area contributed by atoms with Crippen LogP contribution in [-0.2, 0) is 22.0 Å². The zero-order valence-electron chi connectivity index (χ0n) is 9.55. The molecule has 92 valence electrons. The standard InChI is InChI=1S/C12H15NO3S/c1-17(16)9-7-12(15)13-8-6-10-2-4-11(14)5-3-10/h2-5,7,9,14H,6,8H2,1H3,(H,13,15)/b9-7+. The number of carbonyl (C=O) groups excluding carboxylic acids is 1. The highest BCUT2D eigenvalue weighted by molar-refractivity contribution is 7.87. The van der Waals surface area contributed by atoms with Crippen LogP contribution in [-0.4, -0.2) is 28.0 Å². The Bertz CT molecular complexity index is 426. The van der Waals surface area contributed by atoms with Gasteiger partial charge in [-0.15, -0.1) is 0 Å². The minimum absolute atomic E-state index is 0.228. The van der Waals surface area contributed by atoms with E-state index in [9.17, 15) is 9.00 Å². The molecule has 0 radical (unpaired) electrons. The summed E-state index contributed by atoms with van der Waals surface area (Å²) >= 11 is 0. The molecule has 2 N–H and O–H groups in total. The van der Waals surface area contributed by atoms with Gasteiger partial charge in [0.2, 0.25) is 5.91 Å². The van der Waals surface area contributed by atoms with E-state index in [0.717, 1.165) is 5.56 Å². The number of phenolic OH excluding ortho intramolecular Hbond substituents is 1. The Morgan fingerprint density at radius 2 is 2.06 bits per heavy atom. The van der Waals surface area contributed by atoms with Gasteiger partial charge in [0.05, 0.1) is 0 Å². The Morgan fingerprint density at radius 1 is 1.41 bits per heavy atom. The lowest BCUT2D eigenvalue weighted by Gasteiger charge is -2.02. The minimum atomic E-state index is -1.10. The fourth-order valence-corrected chi connectivity index (χ4v) is 1.52. The SMILES string of the molecule is CS(=O)/C=C/C(=O)NCCc1ccc(O)cc1. The van der Waals surface area contributed by atoms with Crippen molar-refractivity contribution in [3.63, 3.8) is 0 Å². The number of hydrogen-bond donors (Lipinski definition) is 2. The van der Waals surface area contributed by atoms with Gasteiger partial charge in [-0.05, 0) is 24.1 Å². The van der Waals surface area contributed by atoms with Gasteiger partial charge in [-0.3, -0.25) is 9.00 Å². The van der Waals surface area contributed by atoms with Gasteiger partial charge in [-0.1, -0.05) is 12.1 Å². The van der Waals surface area contributed by atoms with Gasteiger partial charge in [-0.2, -0.15) is 0 Å². The number of carbonyl (C=O) groups is 1. The number of benzene rings is 1. The van der Waals surface area contributed by atoms with Gasteiger partial charge in [0.25, 0.3) is 0 Å². The van der Waals surface area contributed by atoms with Gasteiger partial charge < -0.3 is 10.4 Å². The molecule has 0 fully saturated rings. The van der Waals surface area contributed by atoms with Crippen LogP contribution in [0, 0.1) is 0 Å². The van der Waals surface area contributed by atoms with Crippen LogP contribution in [0.4, 0.5) is 0 Å². The number of nitrogens with one attached hydrogen (secondary N) is 1. The topological polar surface area (TPSA) is 66.4 Å². The third-order valence-electron chi connectivity index (χ3n) is 2.06. The summed E-state index contributed by atoms with van der Waals surface area (Å²) in [5.74, 6) is -0.0230.